The van der Waals surface area contributed by atoms with Gasteiger partial charge < -0.3 is 9.47 Å². The van der Waals surface area contributed by atoms with Crippen molar-refractivity contribution in [1.82, 2.24) is 4.90 Å². The van der Waals surface area contributed by atoms with Crippen LogP contribution in [-0.2, 0) is 22.5 Å². The second-order valence-corrected chi connectivity index (χ2v) is 5.56. The molecule has 0 N–H and O–H groups in total. The first kappa shape index (κ1) is 17.9. The van der Waals surface area contributed by atoms with Gasteiger partial charge in [0.05, 0.1) is 13.5 Å². The quantitative estimate of drug-likeness (QED) is 0.697. The third-order valence-electron chi connectivity index (χ3n) is 3.68. The molecule has 2 rings (SSSR count). The number of carbonyl (C=O) groups excluding carboxylic acids is 1. The zero-order valence-electron chi connectivity index (χ0n) is 14.0. The molecule has 0 aromatic heterocycles. The molecule has 0 saturated heterocycles. The predicted octanol–water partition coefficient (Wildman–Crippen LogP) is 3.05. The van der Waals surface area contributed by atoms with E-state index >= 15 is 0 Å². The number of likely N-dealkylation sites (N-methyl/N-ethyl adjacent to an activating group) is 1. The molecule has 0 unspecified atom stereocenters. The number of benzene rings is 2. The number of ether oxygens (including phenoxy) is 2. The number of hydrogen-bond acceptors (Lipinski definition) is 4. The lowest BCUT2D eigenvalue weighted by atomic mass is 10.0. The van der Waals surface area contributed by atoms with Gasteiger partial charge in [-0.15, -0.1) is 0 Å². The summed E-state index contributed by atoms with van der Waals surface area (Å²) in [7, 11) is 3.38. The van der Waals surface area contributed by atoms with Crippen LogP contribution < -0.4 is 4.74 Å². The SMILES string of the molecule is COC(=O)Cc1ccccc1CN(C)CCOc1ccc(F)cc1. The molecule has 24 heavy (non-hydrogen) atoms. The van der Waals surface area contributed by atoms with E-state index in [4.69, 9.17) is 9.47 Å². The average molecular weight is 331 g/mol. The Balaban J connectivity index is 1.84. The first-order valence-corrected chi connectivity index (χ1v) is 7.79. The highest BCUT2D eigenvalue weighted by Crippen LogP contribution is 2.13. The van der Waals surface area contributed by atoms with Crippen molar-refractivity contribution in [2.75, 3.05) is 27.3 Å². The van der Waals surface area contributed by atoms with Gasteiger partial charge >= 0.3 is 5.97 Å². The largest absolute Gasteiger partial charge is 0.492 e. The summed E-state index contributed by atoms with van der Waals surface area (Å²) >= 11 is 0. The maximum atomic E-state index is 12.8. The molecule has 4 nitrogen and oxygen atoms in total. The molecule has 0 heterocycles. The van der Waals surface area contributed by atoms with Crippen molar-refractivity contribution in [2.24, 2.45) is 0 Å². The summed E-state index contributed by atoms with van der Waals surface area (Å²) in [5.74, 6) is 0.127. The molecule has 0 aliphatic rings. The Morgan fingerprint density at radius 1 is 1.08 bits per heavy atom. The first-order valence-electron chi connectivity index (χ1n) is 7.79. The molecule has 0 aliphatic heterocycles. The third kappa shape index (κ3) is 5.66. The maximum Gasteiger partial charge on any atom is 0.309 e. The summed E-state index contributed by atoms with van der Waals surface area (Å²) < 4.78 is 23.2. The highest BCUT2D eigenvalue weighted by atomic mass is 19.1. The number of rotatable bonds is 8. The Kier molecular flexibility index (Phi) is 6.75. The molecule has 0 fully saturated rings. The van der Waals surface area contributed by atoms with Crippen LogP contribution in [0, 0.1) is 5.82 Å². The van der Waals surface area contributed by atoms with Crippen molar-refractivity contribution in [2.45, 2.75) is 13.0 Å². The normalized spacial score (nSPS) is 10.7. The van der Waals surface area contributed by atoms with E-state index < -0.39 is 0 Å². The highest BCUT2D eigenvalue weighted by Gasteiger charge is 2.09. The molecule has 0 amide bonds. The minimum atomic E-state index is -0.276. The lowest BCUT2D eigenvalue weighted by molar-refractivity contribution is -0.139. The molecule has 2 aromatic rings. The number of hydrogen-bond donors (Lipinski definition) is 0. The zero-order valence-corrected chi connectivity index (χ0v) is 14.0. The van der Waals surface area contributed by atoms with Crippen molar-refractivity contribution in [3.05, 3.63) is 65.5 Å². The number of esters is 1. The fourth-order valence-electron chi connectivity index (χ4n) is 2.33. The van der Waals surface area contributed by atoms with E-state index in [9.17, 15) is 9.18 Å². The standard InChI is InChI=1S/C19H22FNO3/c1-21(11-12-24-18-9-7-17(20)8-10-18)14-16-6-4-3-5-15(16)13-19(22)23-2/h3-10H,11-14H2,1-2H3. The van der Waals surface area contributed by atoms with Gasteiger partial charge in [0.15, 0.2) is 0 Å². The molecule has 0 aliphatic carbocycles. The second-order valence-electron chi connectivity index (χ2n) is 5.56. The number of nitrogens with zero attached hydrogens (tertiary/aromatic N) is 1. The van der Waals surface area contributed by atoms with Crippen molar-refractivity contribution in [3.8, 4) is 5.75 Å². The minimum absolute atomic E-state index is 0.246. The van der Waals surface area contributed by atoms with E-state index in [0.29, 0.717) is 25.4 Å². The summed E-state index contributed by atoms with van der Waals surface area (Å²) in [5.41, 5.74) is 2.06. The van der Waals surface area contributed by atoms with Crippen LogP contribution in [0.5, 0.6) is 5.75 Å². The van der Waals surface area contributed by atoms with Crippen LogP contribution in [0.15, 0.2) is 48.5 Å². The van der Waals surface area contributed by atoms with Crippen molar-refractivity contribution >= 4 is 5.97 Å². The molecule has 0 bridgehead atoms. The van der Waals surface area contributed by atoms with Crippen molar-refractivity contribution in [3.63, 3.8) is 0 Å². The molecule has 5 heteroatoms. The summed E-state index contributed by atoms with van der Waals surface area (Å²) in [5, 5.41) is 0. The Hall–Kier alpha value is -2.40. The molecule has 0 spiro atoms. The molecule has 0 radical (unpaired) electrons. The summed E-state index contributed by atoms with van der Waals surface area (Å²) in [6.07, 6.45) is 0.270. The number of carbonyl (C=O) groups is 1. The fourth-order valence-corrected chi connectivity index (χ4v) is 2.33. The van der Waals surface area contributed by atoms with Crippen LogP contribution in [0.4, 0.5) is 4.39 Å². The fraction of sp³-hybridized carbons (Fsp3) is 0.316. The zero-order chi connectivity index (χ0) is 17.4. The van der Waals surface area contributed by atoms with Crippen LogP contribution in [-0.4, -0.2) is 38.2 Å². The highest BCUT2D eigenvalue weighted by molar-refractivity contribution is 5.72. The molecular weight excluding hydrogens is 309 g/mol. The van der Waals surface area contributed by atoms with Gasteiger partial charge in [0, 0.05) is 13.1 Å². The summed E-state index contributed by atoms with van der Waals surface area (Å²) in [6, 6.07) is 13.8. The van der Waals surface area contributed by atoms with Gasteiger partial charge in [-0.3, -0.25) is 9.69 Å². The third-order valence-corrected chi connectivity index (χ3v) is 3.68. The first-order chi connectivity index (χ1) is 11.6. The molecule has 128 valence electrons. The van der Waals surface area contributed by atoms with Gasteiger partial charge in [0.2, 0.25) is 0 Å². The van der Waals surface area contributed by atoms with E-state index in [1.54, 1.807) is 12.1 Å². The van der Waals surface area contributed by atoms with E-state index in [-0.39, 0.29) is 18.2 Å². The topological polar surface area (TPSA) is 38.8 Å². The van der Waals surface area contributed by atoms with E-state index in [1.807, 2.05) is 31.3 Å². The Bertz CT molecular complexity index is 658. The molecule has 0 saturated carbocycles. The number of halogens is 1. The molecular formula is C19H22FNO3. The Labute approximate surface area is 141 Å². The van der Waals surface area contributed by atoms with Gasteiger partial charge in [-0.1, -0.05) is 24.3 Å². The second kappa shape index (κ2) is 9.03. The van der Waals surface area contributed by atoms with Gasteiger partial charge in [0.25, 0.3) is 0 Å². The van der Waals surface area contributed by atoms with E-state index in [0.717, 1.165) is 11.1 Å². The van der Waals surface area contributed by atoms with Crippen LogP contribution in [0.2, 0.25) is 0 Å². The van der Waals surface area contributed by atoms with Crippen molar-refractivity contribution in [1.29, 1.82) is 0 Å². The van der Waals surface area contributed by atoms with Crippen LogP contribution in [0.25, 0.3) is 0 Å². The molecule has 0 atom stereocenters. The van der Waals surface area contributed by atoms with E-state index in [2.05, 4.69) is 4.90 Å². The molecule has 2 aromatic carbocycles. The summed E-state index contributed by atoms with van der Waals surface area (Å²) in [6.45, 7) is 1.92. The van der Waals surface area contributed by atoms with Gasteiger partial charge in [-0.2, -0.15) is 0 Å². The average Bonchev–Trinajstić information content (AvgIpc) is 2.58. The monoisotopic (exact) mass is 331 g/mol. The van der Waals surface area contributed by atoms with Gasteiger partial charge in [-0.05, 0) is 42.4 Å². The van der Waals surface area contributed by atoms with Crippen molar-refractivity contribution < 1.29 is 18.7 Å². The summed E-state index contributed by atoms with van der Waals surface area (Å²) in [4.78, 5) is 13.6. The smallest absolute Gasteiger partial charge is 0.309 e. The Morgan fingerprint density at radius 3 is 2.42 bits per heavy atom. The lowest BCUT2D eigenvalue weighted by Crippen LogP contribution is -2.24. The minimum Gasteiger partial charge on any atom is -0.492 e. The van der Waals surface area contributed by atoms with Crippen LogP contribution in [0.1, 0.15) is 11.1 Å². The van der Waals surface area contributed by atoms with Crippen LogP contribution >= 0.6 is 0 Å². The lowest BCUT2D eigenvalue weighted by Gasteiger charge is -2.19. The number of methoxy groups -OCH3 is 1. The predicted molar refractivity (Wildman–Crippen MR) is 90.4 cm³/mol. The van der Waals surface area contributed by atoms with E-state index in [1.165, 1.54) is 19.2 Å². The van der Waals surface area contributed by atoms with Crippen LogP contribution in [0.3, 0.4) is 0 Å². The van der Waals surface area contributed by atoms with Gasteiger partial charge in [-0.25, -0.2) is 4.39 Å². The van der Waals surface area contributed by atoms with Gasteiger partial charge in [0.1, 0.15) is 18.2 Å². The Morgan fingerprint density at radius 2 is 1.75 bits per heavy atom. The maximum absolute atomic E-state index is 12.8.